The summed E-state index contributed by atoms with van der Waals surface area (Å²) in [6.45, 7) is 3.13. The molecule has 4 heteroatoms. The van der Waals surface area contributed by atoms with Crippen molar-refractivity contribution in [2.45, 2.75) is 31.8 Å². The van der Waals surface area contributed by atoms with Crippen LogP contribution in [-0.4, -0.2) is 20.3 Å². The highest BCUT2D eigenvalue weighted by Gasteiger charge is 2.18. The predicted molar refractivity (Wildman–Crippen MR) is 122 cm³/mol. The monoisotopic (exact) mass is 411 g/mol. The lowest BCUT2D eigenvalue weighted by molar-refractivity contribution is 0.414. The lowest BCUT2D eigenvalue weighted by Crippen LogP contribution is -2.27. The Labute approximate surface area is 180 Å². The molecule has 0 bridgehead atoms. The molecule has 3 aromatic carbocycles. The summed E-state index contributed by atoms with van der Waals surface area (Å²) >= 11 is 0. The van der Waals surface area contributed by atoms with Crippen molar-refractivity contribution in [2.75, 3.05) is 14.2 Å². The molecule has 1 atom stereocenters. The smallest absolute Gasteiger partial charge is 0.118 e. The van der Waals surface area contributed by atoms with E-state index in [1.807, 2.05) is 24.3 Å². The van der Waals surface area contributed by atoms with Crippen LogP contribution in [-0.2, 0) is 6.54 Å². The van der Waals surface area contributed by atoms with Gasteiger partial charge in [-0.25, -0.2) is 0 Å². The second-order valence-electron chi connectivity index (χ2n) is 7.10. The van der Waals surface area contributed by atoms with Gasteiger partial charge in [0.25, 0.3) is 0 Å². The second kappa shape index (κ2) is 11.5. The van der Waals surface area contributed by atoms with E-state index in [0.29, 0.717) is 12.0 Å². The van der Waals surface area contributed by atoms with Crippen molar-refractivity contribution in [3.8, 4) is 11.5 Å². The largest absolute Gasteiger partial charge is 0.497 e. The van der Waals surface area contributed by atoms with Gasteiger partial charge in [0, 0.05) is 18.5 Å². The standard InChI is InChI=1S/C25H29NO2.ClH/c1-19(26-18-20-7-5-4-6-8-20)17-25(21-9-13-23(27-2)14-10-21)22-11-15-24(28-3)16-12-22;/h4-16,19,25-26H,17-18H2,1-3H3;1H. The van der Waals surface area contributed by atoms with Crippen molar-refractivity contribution in [3.05, 3.63) is 95.6 Å². The highest BCUT2D eigenvalue weighted by Crippen LogP contribution is 2.31. The van der Waals surface area contributed by atoms with Gasteiger partial charge in [-0.05, 0) is 54.3 Å². The van der Waals surface area contributed by atoms with Gasteiger partial charge in [0.05, 0.1) is 14.2 Å². The summed E-state index contributed by atoms with van der Waals surface area (Å²) in [4.78, 5) is 0. The summed E-state index contributed by atoms with van der Waals surface area (Å²) in [5.41, 5.74) is 3.89. The Morgan fingerprint density at radius 3 is 1.66 bits per heavy atom. The SMILES string of the molecule is COc1ccc(C(CC(C)NCc2ccccc2)c2ccc(OC)cc2)cc1.Cl. The van der Waals surface area contributed by atoms with Crippen molar-refractivity contribution >= 4 is 12.4 Å². The minimum Gasteiger partial charge on any atom is -0.497 e. The van der Waals surface area contributed by atoms with Gasteiger partial charge in [-0.3, -0.25) is 0 Å². The van der Waals surface area contributed by atoms with Gasteiger partial charge in [-0.2, -0.15) is 0 Å². The van der Waals surface area contributed by atoms with E-state index in [0.717, 1.165) is 24.5 Å². The molecule has 0 fully saturated rings. The van der Waals surface area contributed by atoms with Gasteiger partial charge >= 0.3 is 0 Å². The van der Waals surface area contributed by atoms with E-state index in [2.05, 4.69) is 66.8 Å². The molecule has 3 aromatic rings. The molecule has 0 aliphatic rings. The van der Waals surface area contributed by atoms with Crippen molar-refractivity contribution in [1.29, 1.82) is 0 Å². The molecule has 3 rings (SSSR count). The summed E-state index contributed by atoms with van der Waals surface area (Å²) in [6.07, 6.45) is 1.01. The average Bonchev–Trinajstić information content (AvgIpc) is 2.77. The van der Waals surface area contributed by atoms with Crippen LogP contribution >= 0.6 is 12.4 Å². The molecular formula is C25H30ClNO2. The first kappa shape index (κ1) is 22.8. The van der Waals surface area contributed by atoms with Crippen molar-refractivity contribution in [1.82, 2.24) is 5.32 Å². The Morgan fingerprint density at radius 1 is 0.724 bits per heavy atom. The molecule has 0 saturated carbocycles. The minimum absolute atomic E-state index is 0. The van der Waals surface area contributed by atoms with Crippen LogP contribution in [0, 0.1) is 0 Å². The number of hydrogen-bond donors (Lipinski definition) is 1. The Balaban J connectivity index is 0.00000300. The zero-order valence-corrected chi connectivity index (χ0v) is 18.1. The molecule has 29 heavy (non-hydrogen) atoms. The van der Waals surface area contributed by atoms with Crippen molar-refractivity contribution in [2.24, 2.45) is 0 Å². The second-order valence-corrected chi connectivity index (χ2v) is 7.10. The minimum atomic E-state index is 0. The van der Waals surface area contributed by atoms with Crippen LogP contribution in [0.2, 0.25) is 0 Å². The van der Waals surface area contributed by atoms with Crippen molar-refractivity contribution in [3.63, 3.8) is 0 Å². The number of benzene rings is 3. The Hall–Kier alpha value is -2.49. The van der Waals surface area contributed by atoms with E-state index in [9.17, 15) is 0 Å². The summed E-state index contributed by atoms with van der Waals surface area (Å²) < 4.78 is 10.6. The zero-order chi connectivity index (χ0) is 19.8. The molecule has 3 nitrogen and oxygen atoms in total. The fraction of sp³-hybridized carbons (Fsp3) is 0.280. The highest BCUT2D eigenvalue weighted by molar-refractivity contribution is 5.85. The summed E-state index contributed by atoms with van der Waals surface area (Å²) in [7, 11) is 3.40. The molecule has 154 valence electrons. The fourth-order valence-corrected chi connectivity index (χ4v) is 3.46. The van der Waals surface area contributed by atoms with Crippen LogP contribution in [0.1, 0.15) is 36.0 Å². The lowest BCUT2D eigenvalue weighted by atomic mass is 9.86. The maximum atomic E-state index is 5.32. The Morgan fingerprint density at radius 2 is 1.21 bits per heavy atom. The molecule has 0 aromatic heterocycles. The maximum absolute atomic E-state index is 5.32. The first-order chi connectivity index (χ1) is 13.7. The van der Waals surface area contributed by atoms with Gasteiger partial charge in [-0.15, -0.1) is 12.4 Å². The quantitative estimate of drug-likeness (QED) is 0.480. The van der Waals surface area contributed by atoms with Gasteiger partial charge in [0.15, 0.2) is 0 Å². The molecule has 0 aliphatic heterocycles. The lowest BCUT2D eigenvalue weighted by Gasteiger charge is -2.23. The van der Waals surface area contributed by atoms with Gasteiger partial charge < -0.3 is 14.8 Å². The summed E-state index contributed by atoms with van der Waals surface area (Å²) in [5, 5.41) is 3.66. The highest BCUT2D eigenvalue weighted by atomic mass is 35.5. The van der Waals surface area contributed by atoms with Gasteiger partial charge in [0.1, 0.15) is 11.5 Å². The molecule has 0 heterocycles. The van der Waals surface area contributed by atoms with Crippen LogP contribution in [0.15, 0.2) is 78.9 Å². The predicted octanol–water partition coefficient (Wildman–Crippen LogP) is 5.83. The molecule has 0 radical (unpaired) electrons. The summed E-state index contributed by atoms with van der Waals surface area (Å²) in [6, 6.07) is 27.7. The molecule has 1 N–H and O–H groups in total. The molecule has 1 unspecified atom stereocenters. The fourth-order valence-electron chi connectivity index (χ4n) is 3.46. The first-order valence-corrected chi connectivity index (χ1v) is 9.75. The van der Waals surface area contributed by atoms with E-state index in [4.69, 9.17) is 9.47 Å². The van der Waals surface area contributed by atoms with Gasteiger partial charge in [-0.1, -0.05) is 54.6 Å². The van der Waals surface area contributed by atoms with Crippen LogP contribution in [0.5, 0.6) is 11.5 Å². The number of hydrogen-bond acceptors (Lipinski definition) is 3. The molecule has 0 saturated heterocycles. The van der Waals surface area contributed by atoms with E-state index in [1.165, 1.54) is 16.7 Å². The molecule has 0 aliphatic carbocycles. The topological polar surface area (TPSA) is 30.5 Å². The number of ether oxygens (including phenoxy) is 2. The number of rotatable bonds is 9. The summed E-state index contributed by atoms with van der Waals surface area (Å²) in [5.74, 6) is 2.06. The molecule has 0 spiro atoms. The third-order valence-corrected chi connectivity index (χ3v) is 5.12. The van der Waals surface area contributed by atoms with Crippen LogP contribution < -0.4 is 14.8 Å². The van der Waals surface area contributed by atoms with E-state index < -0.39 is 0 Å². The molecular weight excluding hydrogens is 382 g/mol. The van der Waals surface area contributed by atoms with Crippen LogP contribution in [0.4, 0.5) is 0 Å². The van der Waals surface area contributed by atoms with Crippen molar-refractivity contribution < 1.29 is 9.47 Å². The first-order valence-electron chi connectivity index (χ1n) is 9.75. The number of nitrogens with one attached hydrogen (secondary N) is 1. The zero-order valence-electron chi connectivity index (χ0n) is 17.3. The third-order valence-electron chi connectivity index (χ3n) is 5.12. The Bertz CT molecular complexity index is 787. The van der Waals surface area contributed by atoms with E-state index in [-0.39, 0.29) is 12.4 Å². The molecule has 0 amide bonds. The number of methoxy groups -OCH3 is 2. The van der Waals surface area contributed by atoms with Crippen LogP contribution in [0.25, 0.3) is 0 Å². The number of halogens is 1. The maximum Gasteiger partial charge on any atom is 0.118 e. The Kier molecular flexibility index (Phi) is 9.04. The van der Waals surface area contributed by atoms with E-state index in [1.54, 1.807) is 14.2 Å². The third kappa shape index (κ3) is 6.52. The normalized spacial score (nSPS) is 11.6. The van der Waals surface area contributed by atoms with Gasteiger partial charge in [0.2, 0.25) is 0 Å². The van der Waals surface area contributed by atoms with E-state index >= 15 is 0 Å². The van der Waals surface area contributed by atoms with Crippen LogP contribution in [0.3, 0.4) is 0 Å². The average molecular weight is 412 g/mol.